The fourth-order valence-electron chi connectivity index (χ4n) is 6.20. The second-order valence-electron chi connectivity index (χ2n) is 9.64. The number of aromatic nitrogens is 3. The van der Waals surface area contributed by atoms with Crippen LogP contribution in [0.25, 0.3) is 10.6 Å². The molecule has 1 amide bonds. The van der Waals surface area contributed by atoms with E-state index in [-0.39, 0.29) is 5.41 Å². The second-order valence-corrected chi connectivity index (χ2v) is 10.6. The Hall–Kier alpha value is -1.82. The molecule has 4 saturated carbocycles. The summed E-state index contributed by atoms with van der Waals surface area (Å²) in [5, 5.41) is 10.4. The van der Waals surface area contributed by atoms with Gasteiger partial charge in [-0.15, -0.1) is 10.2 Å². The number of nitrogens with zero attached hydrogens (tertiary/aromatic N) is 4. The molecule has 0 N–H and O–H groups in total. The molecule has 4 aliphatic rings. The number of pyridine rings is 1. The van der Waals surface area contributed by atoms with Gasteiger partial charge in [-0.2, -0.15) is 0 Å². The lowest BCUT2D eigenvalue weighted by molar-refractivity contribution is -0.143. The Balaban J connectivity index is 1.46. The highest BCUT2D eigenvalue weighted by atomic mass is 32.1. The average Bonchev–Trinajstić information content (AvgIpc) is 3.15. The zero-order valence-electron chi connectivity index (χ0n) is 16.7. The number of amides is 1. The summed E-state index contributed by atoms with van der Waals surface area (Å²) < 4.78 is 0. The second kappa shape index (κ2) is 6.90. The third kappa shape index (κ3) is 3.15. The number of hydrogen-bond donors (Lipinski definition) is 0. The highest BCUT2D eigenvalue weighted by Crippen LogP contribution is 2.60. The molecule has 2 aromatic rings. The molecule has 2 heterocycles. The van der Waals surface area contributed by atoms with Crippen molar-refractivity contribution in [3.8, 4) is 10.6 Å². The molecule has 148 valence electrons. The third-order valence-electron chi connectivity index (χ3n) is 6.84. The summed E-state index contributed by atoms with van der Waals surface area (Å²) in [5.74, 6) is 2.99. The molecule has 6 heteroatoms. The van der Waals surface area contributed by atoms with Gasteiger partial charge < -0.3 is 0 Å². The first-order chi connectivity index (χ1) is 13.5. The van der Waals surface area contributed by atoms with Crippen molar-refractivity contribution in [2.45, 2.75) is 52.4 Å². The van der Waals surface area contributed by atoms with Crippen LogP contribution in [-0.2, 0) is 4.79 Å². The molecular formula is C22H28N4OS. The highest BCUT2D eigenvalue weighted by Gasteiger charge is 2.56. The van der Waals surface area contributed by atoms with Crippen LogP contribution in [0.4, 0.5) is 5.13 Å². The number of hydrogen-bond acceptors (Lipinski definition) is 5. The molecule has 4 aliphatic carbocycles. The Kier molecular flexibility index (Phi) is 4.49. The van der Waals surface area contributed by atoms with Gasteiger partial charge in [-0.3, -0.25) is 14.7 Å². The highest BCUT2D eigenvalue weighted by molar-refractivity contribution is 7.18. The lowest BCUT2D eigenvalue weighted by Gasteiger charge is -2.56. The number of anilines is 1. The van der Waals surface area contributed by atoms with Gasteiger partial charge in [-0.05, 0) is 74.3 Å². The lowest BCUT2D eigenvalue weighted by atomic mass is 9.49. The molecule has 5 nitrogen and oxygen atoms in total. The van der Waals surface area contributed by atoms with Gasteiger partial charge in [0.1, 0.15) is 0 Å². The van der Waals surface area contributed by atoms with Gasteiger partial charge in [0.15, 0.2) is 5.01 Å². The molecule has 6 rings (SSSR count). The van der Waals surface area contributed by atoms with Crippen LogP contribution in [0.15, 0.2) is 24.5 Å². The predicted octanol–water partition coefficient (Wildman–Crippen LogP) is 4.81. The van der Waals surface area contributed by atoms with Gasteiger partial charge in [0.2, 0.25) is 11.0 Å². The van der Waals surface area contributed by atoms with E-state index in [1.54, 1.807) is 12.4 Å². The minimum Gasteiger partial charge on any atom is -0.286 e. The Morgan fingerprint density at radius 2 is 1.86 bits per heavy atom. The normalized spacial score (nSPS) is 30.8. The minimum absolute atomic E-state index is 0.149. The summed E-state index contributed by atoms with van der Waals surface area (Å²) in [5.41, 5.74) is 0.807. The molecule has 0 aromatic carbocycles. The molecule has 2 aromatic heterocycles. The molecule has 0 saturated heterocycles. The fraction of sp³-hybridized carbons (Fsp3) is 0.636. The van der Waals surface area contributed by atoms with Crippen molar-refractivity contribution in [3.63, 3.8) is 0 Å². The van der Waals surface area contributed by atoms with Crippen LogP contribution in [0.2, 0.25) is 0 Å². The quantitative estimate of drug-likeness (QED) is 0.728. The van der Waals surface area contributed by atoms with Crippen LogP contribution < -0.4 is 4.90 Å². The zero-order chi connectivity index (χ0) is 19.3. The molecule has 4 bridgehead atoms. The summed E-state index contributed by atoms with van der Waals surface area (Å²) in [6, 6.07) is 3.90. The van der Waals surface area contributed by atoms with E-state index in [4.69, 9.17) is 0 Å². The van der Waals surface area contributed by atoms with Gasteiger partial charge in [-0.25, -0.2) is 0 Å². The van der Waals surface area contributed by atoms with Crippen molar-refractivity contribution in [2.75, 3.05) is 11.4 Å². The summed E-state index contributed by atoms with van der Waals surface area (Å²) in [7, 11) is 0. The topological polar surface area (TPSA) is 59.0 Å². The Bertz CT molecular complexity index is 827. The molecule has 0 radical (unpaired) electrons. The van der Waals surface area contributed by atoms with E-state index in [0.717, 1.165) is 52.7 Å². The number of carbonyl (C=O) groups is 1. The fourth-order valence-corrected chi connectivity index (χ4v) is 7.04. The van der Waals surface area contributed by atoms with Gasteiger partial charge in [0.05, 0.1) is 5.41 Å². The number of rotatable bonds is 5. The van der Waals surface area contributed by atoms with E-state index >= 15 is 0 Å². The smallest absolute Gasteiger partial charge is 0.235 e. The van der Waals surface area contributed by atoms with Gasteiger partial charge in [-0.1, -0.05) is 25.2 Å². The predicted molar refractivity (Wildman–Crippen MR) is 111 cm³/mol. The first-order valence-corrected chi connectivity index (χ1v) is 11.4. The van der Waals surface area contributed by atoms with E-state index < -0.39 is 0 Å². The maximum atomic E-state index is 13.9. The molecule has 0 unspecified atom stereocenters. The van der Waals surface area contributed by atoms with Crippen molar-refractivity contribution in [2.24, 2.45) is 29.1 Å². The van der Waals surface area contributed by atoms with E-state index in [1.165, 1.54) is 30.6 Å². The summed E-state index contributed by atoms with van der Waals surface area (Å²) in [4.78, 5) is 20.1. The molecular weight excluding hydrogens is 368 g/mol. The molecule has 4 fully saturated rings. The standard InChI is InChI=1S/C22H28N4OS/c1-14(2)13-26(21-25-24-19(28-21)18-4-3-5-23-12-18)20(27)22-9-15-6-16(10-22)8-17(7-15)11-22/h3-5,12,14-17H,6-11,13H2,1-2H3. The van der Waals surface area contributed by atoms with Crippen LogP contribution in [0.5, 0.6) is 0 Å². The van der Waals surface area contributed by atoms with E-state index in [1.807, 2.05) is 17.0 Å². The van der Waals surface area contributed by atoms with E-state index in [0.29, 0.717) is 18.4 Å². The monoisotopic (exact) mass is 396 g/mol. The summed E-state index contributed by atoms with van der Waals surface area (Å²) in [6.07, 6.45) is 10.9. The molecule has 0 aliphatic heterocycles. The summed E-state index contributed by atoms with van der Waals surface area (Å²) >= 11 is 1.51. The maximum Gasteiger partial charge on any atom is 0.235 e. The van der Waals surface area contributed by atoms with Crippen LogP contribution in [0.3, 0.4) is 0 Å². The van der Waals surface area contributed by atoms with Crippen LogP contribution >= 0.6 is 11.3 Å². The van der Waals surface area contributed by atoms with Gasteiger partial charge >= 0.3 is 0 Å². The Labute approximate surface area is 170 Å². The summed E-state index contributed by atoms with van der Waals surface area (Å²) in [6.45, 7) is 5.05. The lowest BCUT2D eigenvalue weighted by Crippen LogP contribution is -2.55. The van der Waals surface area contributed by atoms with Gasteiger partial charge in [0, 0.05) is 24.5 Å². The SMILES string of the molecule is CC(C)CN(C(=O)C12CC3CC(CC(C3)C1)C2)c1nnc(-c2cccnc2)s1. The van der Waals surface area contributed by atoms with Gasteiger partial charge in [0.25, 0.3) is 0 Å². The largest absolute Gasteiger partial charge is 0.286 e. The first kappa shape index (κ1) is 18.2. The van der Waals surface area contributed by atoms with Crippen molar-refractivity contribution in [3.05, 3.63) is 24.5 Å². The molecule has 0 spiro atoms. The van der Waals surface area contributed by atoms with Crippen LogP contribution in [0, 0.1) is 29.1 Å². The number of carbonyl (C=O) groups excluding carboxylic acids is 1. The van der Waals surface area contributed by atoms with E-state index in [2.05, 4.69) is 29.0 Å². The Morgan fingerprint density at radius 3 is 2.43 bits per heavy atom. The van der Waals surface area contributed by atoms with Crippen molar-refractivity contribution in [1.82, 2.24) is 15.2 Å². The van der Waals surface area contributed by atoms with Crippen LogP contribution in [0.1, 0.15) is 52.4 Å². The zero-order valence-corrected chi connectivity index (χ0v) is 17.5. The van der Waals surface area contributed by atoms with Crippen molar-refractivity contribution in [1.29, 1.82) is 0 Å². The third-order valence-corrected chi connectivity index (χ3v) is 7.83. The maximum absolute atomic E-state index is 13.9. The van der Waals surface area contributed by atoms with Crippen LogP contribution in [-0.4, -0.2) is 27.6 Å². The molecule has 28 heavy (non-hydrogen) atoms. The van der Waals surface area contributed by atoms with Crippen molar-refractivity contribution < 1.29 is 4.79 Å². The first-order valence-electron chi connectivity index (χ1n) is 10.6. The Morgan fingerprint density at radius 1 is 1.18 bits per heavy atom. The molecule has 0 atom stereocenters. The minimum atomic E-state index is -0.149. The van der Waals surface area contributed by atoms with E-state index in [9.17, 15) is 4.79 Å². The van der Waals surface area contributed by atoms with Crippen molar-refractivity contribution >= 4 is 22.4 Å². The average molecular weight is 397 g/mol.